The predicted octanol–water partition coefficient (Wildman–Crippen LogP) is 3.50. The maximum Gasteiger partial charge on any atom is 0.122 e. The highest BCUT2D eigenvalue weighted by Crippen LogP contribution is 2.43. The molecule has 2 nitrogen and oxygen atoms in total. The molecule has 0 amide bonds. The third kappa shape index (κ3) is 2.86. The molecule has 0 radical (unpaired) electrons. The molecule has 1 fully saturated rings. The molecule has 0 saturated heterocycles. The molecule has 1 aromatic rings. The molecule has 1 N–H and O–H groups in total. The van der Waals surface area contributed by atoms with Crippen molar-refractivity contribution in [1.29, 1.82) is 0 Å². The Morgan fingerprint density at radius 1 is 1.33 bits per heavy atom. The second kappa shape index (κ2) is 6.24. The van der Waals surface area contributed by atoms with Crippen molar-refractivity contribution in [2.75, 3.05) is 20.2 Å². The summed E-state index contributed by atoms with van der Waals surface area (Å²) in [6, 6.07) is 6.57. The van der Waals surface area contributed by atoms with Gasteiger partial charge in [-0.2, -0.15) is 0 Å². The van der Waals surface area contributed by atoms with Crippen molar-refractivity contribution in [2.24, 2.45) is 5.92 Å². The van der Waals surface area contributed by atoms with E-state index in [-0.39, 0.29) is 0 Å². The number of aryl methyl sites for hydroxylation is 1. The van der Waals surface area contributed by atoms with Gasteiger partial charge in [0.25, 0.3) is 0 Å². The molecule has 2 atom stereocenters. The van der Waals surface area contributed by atoms with Crippen LogP contribution in [0.25, 0.3) is 0 Å². The van der Waals surface area contributed by atoms with Gasteiger partial charge < -0.3 is 10.1 Å². The number of hydrogen-bond acceptors (Lipinski definition) is 2. The molecule has 100 valence electrons. The average molecular weight is 247 g/mol. The zero-order valence-corrected chi connectivity index (χ0v) is 11.8. The van der Waals surface area contributed by atoms with Crippen molar-refractivity contribution in [3.63, 3.8) is 0 Å². The van der Waals surface area contributed by atoms with Crippen LogP contribution in [0.5, 0.6) is 5.75 Å². The first-order chi connectivity index (χ1) is 8.76. The van der Waals surface area contributed by atoms with E-state index in [0.717, 1.165) is 24.8 Å². The van der Waals surface area contributed by atoms with Crippen LogP contribution in [-0.2, 0) is 0 Å². The van der Waals surface area contributed by atoms with E-state index in [0.29, 0.717) is 5.92 Å². The molecule has 0 aliphatic heterocycles. The summed E-state index contributed by atoms with van der Waals surface area (Å²) < 4.78 is 5.55. The van der Waals surface area contributed by atoms with Crippen LogP contribution in [-0.4, -0.2) is 20.2 Å². The van der Waals surface area contributed by atoms with Gasteiger partial charge in [0.2, 0.25) is 0 Å². The fourth-order valence-corrected chi connectivity index (χ4v) is 3.16. The van der Waals surface area contributed by atoms with Crippen molar-refractivity contribution in [3.05, 3.63) is 29.3 Å². The summed E-state index contributed by atoms with van der Waals surface area (Å²) in [5.41, 5.74) is 2.75. The van der Waals surface area contributed by atoms with Gasteiger partial charge in [-0.05, 0) is 56.3 Å². The topological polar surface area (TPSA) is 21.3 Å². The summed E-state index contributed by atoms with van der Waals surface area (Å²) in [5.74, 6) is 2.49. The van der Waals surface area contributed by atoms with Crippen LogP contribution in [0.1, 0.15) is 43.2 Å². The maximum atomic E-state index is 5.55. The van der Waals surface area contributed by atoms with Gasteiger partial charge in [-0.15, -0.1) is 0 Å². The van der Waals surface area contributed by atoms with E-state index in [1.54, 1.807) is 7.11 Å². The predicted molar refractivity (Wildman–Crippen MR) is 76.4 cm³/mol. The van der Waals surface area contributed by atoms with Gasteiger partial charge >= 0.3 is 0 Å². The third-order valence-corrected chi connectivity index (χ3v) is 4.10. The second-order valence-corrected chi connectivity index (χ2v) is 5.35. The van der Waals surface area contributed by atoms with Gasteiger partial charge in [-0.3, -0.25) is 0 Å². The summed E-state index contributed by atoms with van der Waals surface area (Å²) in [5, 5.41) is 3.50. The quantitative estimate of drug-likeness (QED) is 0.860. The number of benzene rings is 1. The lowest BCUT2D eigenvalue weighted by atomic mass is 9.87. The molecule has 0 heterocycles. The molecule has 2 heteroatoms. The summed E-state index contributed by atoms with van der Waals surface area (Å²) >= 11 is 0. The van der Waals surface area contributed by atoms with Crippen LogP contribution in [0.4, 0.5) is 0 Å². The lowest BCUT2D eigenvalue weighted by Crippen LogP contribution is -2.24. The van der Waals surface area contributed by atoms with Crippen LogP contribution in [0.3, 0.4) is 0 Å². The number of methoxy groups -OCH3 is 1. The lowest BCUT2D eigenvalue weighted by molar-refractivity contribution is 0.390. The van der Waals surface area contributed by atoms with Crippen molar-refractivity contribution in [1.82, 2.24) is 5.32 Å². The van der Waals surface area contributed by atoms with Gasteiger partial charge in [-0.25, -0.2) is 0 Å². The van der Waals surface area contributed by atoms with Crippen LogP contribution in [0, 0.1) is 12.8 Å². The lowest BCUT2D eigenvalue weighted by Gasteiger charge is -2.22. The van der Waals surface area contributed by atoms with Crippen LogP contribution < -0.4 is 10.1 Å². The zero-order valence-electron chi connectivity index (χ0n) is 11.8. The van der Waals surface area contributed by atoms with E-state index in [2.05, 4.69) is 37.4 Å². The normalized spacial score (nSPS) is 23.3. The fraction of sp³-hybridized carbons (Fsp3) is 0.625. The highest BCUT2D eigenvalue weighted by molar-refractivity contribution is 5.40. The van der Waals surface area contributed by atoms with Gasteiger partial charge in [0, 0.05) is 0 Å². The molecule has 2 unspecified atom stereocenters. The van der Waals surface area contributed by atoms with Crippen LogP contribution in [0.15, 0.2) is 18.2 Å². The Kier molecular flexibility index (Phi) is 4.65. The largest absolute Gasteiger partial charge is 0.496 e. The zero-order chi connectivity index (χ0) is 13.0. The van der Waals surface area contributed by atoms with E-state index in [1.807, 2.05) is 0 Å². The molecule has 18 heavy (non-hydrogen) atoms. The number of ether oxygens (including phenoxy) is 1. The number of hydrogen-bond donors (Lipinski definition) is 1. The summed E-state index contributed by atoms with van der Waals surface area (Å²) in [6.45, 7) is 6.54. The molecule has 1 saturated carbocycles. The summed E-state index contributed by atoms with van der Waals surface area (Å²) in [4.78, 5) is 0. The van der Waals surface area contributed by atoms with Gasteiger partial charge in [0.05, 0.1) is 7.11 Å². The van der Waals surface area contributed by atoms with E-state index in [9.17, 15) is 0 Å². The molecule has 1 aliphatic carbocycles. The monoisotopic (exact) mass is 247 g/mol. The van der Waals surface area contributed by atoms with Crippen LogP contribution in [0.2, 0.25) is 0 Å². The van der Waals surface area contributed by atoms with E-state index < -0.39 is 0 Å². The molecule has 0 spiro atoms. The van der Waals surface area contributed by atoms with Crippen molar-refractivity contribution >= 4 is 0 Å². The number of rotatable bonds is 5. The Morgan fingerprint density at radius 2 is 2.17 bits per heavy atom. The highest BCUT2D eigenvalue weighted by atomic mass is 16.5. The molecule has 0 bridgehead atoms. The third-order valence-electron chi connectivity index (χ3n) is 4.10. The maximum absolute atomic E-state index is 5.55. The summed E-state index contributed by atoms with van der Waals surface area (Å²) in [7, 11) is 1.78. The minimum absolute atomic E-state index is 0.666. The molecular weight excluding hydrogens is 222 g/mol. The first kappa shape index (κ1) is 13.4. The number of nitrogens with one attached hydrogen (secondary N) is 1. The molecule has 0 aromatic heterocycles. The smallest absolute Gasteiger partial charge is 0.122 e. The Balaban J connectivity index is 2.20. The van der Waals surface area contributed by atoms with Gasteiger partial charge in [0.1, 0.15) is 5.75 Å². The fourth-order valence-electron chi connectivity index (χ4n) is 3.16. The first-order valence-corrected chi connectivity index (χ1v) is 7.11. The van der Waals surface area contributed by atoms with Gasteiger partial charge in [0.15, 0.2) is 0 Å². The summed E-state index contributed by atoms with van der Waals surface area (Å²) in [6.07, 6.45) is 3.99. The minimum atomic E-state index is 0.666. The SMILES string of the molecule is CCNCC1CCCC1c1cc(C)ccc1OC. The van der Waals surface area contributed by atoms with Crippen molar-refractivity contribution in [3.8, 4) is 5.75 Å². The Bertz CT molecular complexity index is 389. The van der Waals surface area contributed by atoms with Crippen molar-refractivity contribution in [2.45, 2.75) is 39.0 Å². The molecule has 1 aromatic carbocycles. The van der Waals surface area contributed by atoms with Crippen molar-refractivity contribution < 1.29 is 4.74 Å². The standard InChI is InChI=1S/C16H25NO/c1-4-17-11-13-6-5-7-14(13)15-10-12(2)8-9-16(15)18-3/h8-10,13-14,17H,4-7,11H2,1-3H3. The second-order valence-electron chi connectivity index (χ2n) is 5.35. The Morgan fingerprint density at radius 3 is 2.89 bits per heavy atom. The van der Waals surface area contributed by atoms with E-state index in [1.165, 1.54) is 30.4 Å². The highest BCUT2D eigenvalue weighted by Gasteiger charge is 2.30. The van der Waals surface area contributed by atoms with Gasteiger partial charge in [-0.1, -0.05) is 31.0 Å². The van der Waals surface area contributed by atoms with Crippen LogP contribution >= 0.6 is 0 Å². The minimum Gasteiger partial charge on any atom is -0.496 e. The Hall–Kier alpha value is -1.02. The Labute approximate surface area is 111 Å². The molecule has 1 aliphatic rings. The van der Waals surface area contributed by atoms with E-state index in [4.69, 9.17) is 4.74 Å². The molecule has 2 rings (SSSR count). The van der Waals surface area contributed by atoms with E-state index >= 15 is 0 Å². The molecular formula is C16H25NO. The average Bonchev–Trinajstić information content (AvgIpc) is 2.84. The first-order valence-electron chi connectivity index (χ1n) is 7.11.